The maximum atomic E-state index is 14.1. The van der Waals surface area contributed by atoms with Gasteiger partial charge in [-0.2, -0.15) is 0 Å². The van der Waals surface area contributed by atoms with Gasteiger partial charge in [0.25, 0.3) is 0 Å². The van der Waals surface area contributed by atoms with E-state index in [1.165, 1.54) is 43.9 Å². The zero-order valence-electron chi connectivity index (χ0n) is 26.7. The smallest absolute Gasteiger partial charge is 0.242 e. The van der Waals surface area contributed by atoms with E-state index in [4.69, 9.17) is 11.5 Å². The van der Waals surface area contributed by atoms with Crippen LogP contribution >= 0.6 is 0 Å². The first-order valence-electron chi connectivity index (χ1n) is 15.7. The summed E-state index contributed by atoms with van der Waals surface area (Å²) in [5, 5.41) is 19.6. The minimum absolute atomic E-state index is 0.0109. The molecule has 1 saturated carbocycles. The number of aromatic hydroxyl groups is 2. The number of amides is 5. The summed E-state index contributed by atoms with van der Waals surface area (Å²) in [5.41, 5.74) is 13.1. The van der Waals surface area contributed by atoms with Gasteiger partial charge in [-0.05, 0) is 60.2 Å². The number of primary amides is 1. The molecule has 0 heterocycles. The van der Waals surface area contributed by atoms with Gasteiger partial charge >= 0.3 is 0 Å². The van der Waals surface area contributed by atoms with Gasteiger partial charge in [-0.1, -0.05) is 54.6 Å². The molecule has 0 unspecified atom stereocenters. The van der Waals surface area contributed by atoms with Crippen molar-refractivity contribution in [2.24, 2.45) is 11.5 Å². The summed E-state index contributed by atoms with van der Waals surface area (Å²) >= 11 is 0. The van der Waals surface area contributed by atoms with Crippen LogP contribution in [0, 0.1) is 0 Å². The molecule has 0 spiro atoms. The molecule has 4 rings (SSSR count). The predicted molar refractivity (Wildman–Crippen MR) is 177 cm³/mol. The number of hydrogen-bond donors (Lipinski definition) is 4. The molecule has 13 nitrogen and oxygen atoms in total. The maximum Gasteiger partial charge on any atom is 0.242 e. The Hall–Kier alpha value is -5.43. The lowest BCUT2D eigenvalue weighted by Crippen LogP contribution is -2.53. The Morgan fingerprint density at radius 3 is 1.40 bits per heavy atom. The zero-order valence-corrected chi connectivity index (χ0v) is 26.7. The third-order valence-corrected chi connectivity index (χ3v) is 8.21. The number of carbonyl (C=O) groups is 5. The van der Waals surface area contributed by atoms with E-state index in [-0.39, 0.29) is 62.7 Å². The van der Waals surface area contributed by atoms with Gasteiger partial charge in [0.15, 0.2) is 0 Å². The molecule has 0 radical (unpaired) electrons. The van der Waals surface area contributed by atoms with Crippen molar-refractivity contribution < 1.29 is 34.2 Å². The highest BCUT2D eigenvalue weighted by molar-refractivity contribution is 5.91. The van der Waals surface area contributed by atoms with Gasteiger partial charge < -0.3 is 41.3 Å². The van der Waals surface area contributed by atoms with Crippen LogP contribution in [-0.2, 0) is 43.6 Å². The molecule has 0 aliphatic heterocycles. The van der Waals surface area contributed by atoms with Gasteiger partial charge in [-0.15, -0.1) is 0 Å². The summed E-state index contributed by atoms with van der Waals surface area (Å²) in [5.74, 6) is -2.61. The molecule has 1 aliphatic carbocycles. The predicted octanol–water partition coefficient (Wildman–Crippen LogP) is 1.31. The van der Waals surface area contributed by atoms with Crippen molar-refractivity contribution in [3.8, 4) is 11.5 Å². The first kappa shape index (κ1) is 35.4. The van der Waals surface area contributed by atoms with Crippen LogP contribution in [0.3, 0.4) is 0 Å². The fraction of sp³-hybridized carbons (Fsp3) is 0.343. The molecule has 3 aromatic rings. The minimum Gasteiger partial charge on any atom is -0.508 e. The van der Waals surface area contributed by atoms with Crippen molar-refractivity contribution in [1.29, 1.82) is 0 Å². The van der Waals surface area contributed by atoms with Crippen LogP contribution < -0.4 is 11.5 Å². The third-order valence-electron chi connectivity index (χ3n) is 8.21. The Kier molecular flexibility index (Phi) is 12.5. The standard InChI is InChI=1S/C35H42N6O7/c36-17-32(45)41(28-7-4-8-28)24-35(48)40(20-27-11-15-30(43)16-12-27)23-34(47)39(19-26-9-13-29(42)14-10-26)22-33(46)38(21-31(37)44)18-25-5-2-1-3-6-25/h1-3,5-6,9-16,28,42-43H,4,7-8,17-24,36H2,(H2,37,44). The Morgan fingerprint density at radius 2 is 1.00 bits per heavy atom. The van der Waals surface area contributed by atoms with Gasteiger partial charge in [0.2, 0.25) is 29.5 Å². The van der Waals surface area contributed by atoms with Gasteiger partial charge in [-0.3, -0.25) is 24.0 Å². The first-order valence-corrected chi connectivity index (χ1v) is 15.7. The summed E-state index contributed by atoms with van der Waals surface area (Å²) < 4.78 is 0. The van der Waals surface area contributed by atoms with Crippen molar-refractivity contribution in [3.63, 3.8) is 0 Å². The summed E-state index contributed by atoms with van der Waals surface area (Å²) in [6.45, 7) is -1.73. The number of nitrogens with two attached hydrogens (primary N) is 2. The Morgan fingerprint density at radius 1 is 0.583 bits per heavy atom. The molecule has 0 atom stereocenters. The van der Waals surface area contributed by atoms with E-state index in [9.17, 15) is 34.2 Å². The largest absolute Gasteiger partial charge is 0.508 e. The SMILES string of the molecule is NCC(=O)N(CC(=O)N(CC(=O)N(CC(=O)N(CC(N)=O)Cc1ccccc1)Cc1ccc(O)cc1)Cc1ccc(O)cc1)C1CCC1. The highest BCUT2D eigenvalue weighted by Crippen LogP contribution is 2.25. The normalized spacial score (nSPS) is 12.4. The zero-order chi connectivity index (χ0) is 34.6. The van der Waals surface area contributed by atoms with Crippen molar-refractivity contribution >= 4 is 29.5 Å². The number of carbonyl (C=O) groups excluding carboxylic acids is 5. The maximum absolute atomic E-state index is 14.1. The third kappa shape index (κ3) is 10.3. The molecule has 0 bridgehead atoms. The van der Waals surface area contributed by atoms with Crippen LogP contribution in [0.1, 0.15) is 36.0 Å². The molecule has 1 aliphatic rings. The van der Waals surface area contributed by atoms with E-state index >= 15 is 0 Å². The highest BCUT2D eigenvalue weighted by atomic mass is 16.3. The fourth-order valence-electron chi connectivity index (χ4n) is 5.34. The lowest BCUT2D eigenvalue weighted by molar-refractivity contribution is -0.148. The molecule has 254 valence electrons. The molecular formula is C35H42N6O7. The summed E-state index contributed by atoms with van der Waals surface area (Å²) in [6, 6.07) is 21.2. The lowest BCUT2D eigenvalue weighted by Gasteiger charge is -2.38. The Labute approximate surface area is 279 Å². The van der Waals surface area contributed by atoms with E-state index in [0.717, 1.165) is 24.8 Å². The molecule has 5 amide bonds. The van der Waals surface area contributed by atoms with E-state index < -0.39 is 36.7 Å². The van der Waals surface area contributed by atoms with E-state index in [2.05, 4.69) is 0 Å². The molecule has 13 heteroatoms. The average molecular weight is 659 g/mol. The molecule has 6 N–H and O–H groups in total. The molecule has 3 aromatic carbocycles. The van der Waals surface area contributed by atoms with Crippen LogP contribution in [0.2, 0.25) is 0 Å². The van der Waals surface area contributed by atoms with E-state index in [0.29, 0.717) is 11.1 Å². The van der Waals surface area contributed by atoms with Crippen molar-refractivity contribution in [3.05, 3.63) is 95.6 Å². The summed E-state index contributed by atoms with van der Waals surface area (Å²) in [6.07, 6.45) is 2.44. The second kappa shape index (κ2) is 16.9. The quantitative estimate of drug-likeness (QED) is 0.177. The van der Waals surface area contributed by atoms with Crippen molar-refractivity contribution in [2.75, 3.05) is 32.7 Å². The van der Waals surface area contributed by atoms with Crippen molar-refractivity contribution in [1.82, 2.24) is 19.6 Å². The van der Waals surface area contributed by atoms with Crippen LogP contribution in [0.25, 0.3) is 0 Å². The topological polar surface area (TPSA) is 191 Å². The Balaban J connectivity index is 1.60. The second-order valence-corrected chi connectivity index (χ2v) is 11.8. The monoisotopic (exact) mass is 658 g/mol. The van der Waals surface area contributed by atoms with Gasteiger partial charge in [0, 0.05) is 25.7 Å². The van der Waals surface area contributed by atoms with Gasteiger partial charge in [-0.25, -0.2) is 0 Å². The first-order chi connectivity index (χ1) is 23.0. The molecule has 0 saturated heterocycles. The van der Waals surface area contributed by atoms with Crippen LogP contribution in [0.5, 0.6) is 11.5 Å². The molecule has 0 aromatic heterocycles. The van der Waals surface area contributed by atoms with Crippen molar-refractivity contribution in [2.45, 2.75) is 44.9 Å². The summed E-state index contributed by atoms with van der Waals surface area (Å²) in [7, 11) is 0. The number of rotatable bonds is 16. The molecular weight excluding hydrogens is 616 g/mol. The Bertz CT molecular complexity index is 1560. The van der Waals surface area contributed by atoms with Gasteiger partial charge in [0.1, 0.15) is 31.1 Å². The van der Waals surface area contributed by atoms with E-state index in [1.54, 1.807) is 48.5 Å². The van der Waals surface area contributed by atoms with Crippen LogP contribution in [0.15, 0.2) is 78.9 Å². The number of hydrogen-bond acceptors (Lipinski definition) is 8. The van der Waals surface area contributed by atoms with E-state index in [1.807, 2.05) is 6.07 Å². The number of phenolic OH excluding ortho intramolecular Hbond substituents is 2. The molecule has 48 heavy (non-hydrogen) atoms. The average Bonchev–Trinajstić information content (AvgIpc) is 3.04. The highest BCUT2D eigenvalue weighted by Gasteiger charge is 2.32. The lowest BCUT2D eigenvalue weighted by atomic mass is 9.91. The van der Waals surface area contributed by atoms with Crippen LogP contribution in [0.4, 0.5) is 0 Å². The summed E-state index contributed by atoms with van der Waals surface area (Å²) in [4.78, 5) is 71.5. The number of benzene rings is 3. The second-order valence-electron chi connectivity index (χ2n) is 11.8. The molecule has 1 fully saturated rings. The van der Waals surface area contributed by atoms with Gasteiger partial charge in [0.05, 0.1) is 13.1 Å². The fourth-order valence-corrected chi connectivity index (χ4v) is 5.34. The van der Waals surface area contributed by atoms with Crippen LogP contribution in [-0.4, -0.2) is 98.1 Å². The number of phenols is 2. The number of nitrogens with zero attached hydrogens (tertiary/aromatic N) is 4. The minimum atomic E-state index is -0.718.